The molecule has 0 aliphatic carbocycles. The molecule has 0 spiro atoms. The fourth-order valence-corrected chi connectivity index (χ4v) is 3.04. The minimum atomic E-state index is -0.255. The summed E-state index contributed by atoms with van der Waals surface area (Å²) in [5.41, 5.74) is 0. The molecule has 2 aromatic rings. The average Bonchev–Trinajstić information content (AvgIpc) is 2.88. The number of amides is 1. The van der Waals surface area contributed by atoms with Gasteiger partial charge in [-0.25, -0.2) is 0 Å². The lowest BCUT2D eigenvalue weighted by molar-refractivity contribution is -0.116. The largest absolute Gasteiger partial charge is 0.315 e. The molecule has 6 heteroatoms. The molecule has 0 aromatic carbocycles. The van der Waals surface area contributed by atoms with Crippen LogP contribution in [0.25, 0.3) is 0 Å². The maximum atomic E-state index is 12.0. The van der Waals surface area contributed by atoms with Crippen LogP contribution in [0.15, 0.2) is 28.7 Å². The van der Waals surface area contributed by atoms with Crippen LogP contribution in [0.1, 0.15) is 21.5 Å². The van der Waals surface area contributed by atoms with E-state index in [0.717, 1.165) is 9.75 Å². The van der Waals surface area contributed by atoms with E-state index in [0.29, 0.717) is 4.80 Å². The Hall–Kier alpha value is -1.53. The third-order valence-electron chi connectivity index (χ3n) is 2.20. The summed E-state index contributed by atoms with van der Waals surface area (Å²) in [6, 6.07) is 3.65. The first kappa shape index (κ1) is 12.9. The zero-order valence-electron chi connectivity index (χ0n) is 10.0. The maximum absolute atomic E-state index is 12.0. The van der Waals surface area contributed by atoms with Gasteiger partial charge in [-0.05, 0) is 18.4 Å². The Balaban J connectivity index is 2.30. The van der Waals surface area contributed by atoms with E-state index in [4.69, 9.17) is 0 Å². The molecular weight excluding hydrogens is 268 g/mol. The molecular formula is C12H12N2O2S2. The van der Waals surface area contributed by atoms with E-state index in [-0.39, 0.29) is 18.2 Å². The second-order valence-corrected chi connectivity index (χ2v) is 5.94. The van der Waals surface area contributed by atoms with Gasteiger partial charge >= 0.3 is 0 Å². The first-order valence-corrected chi connectivity index (χ1v) is 7.05. The summed E-state index contributed by atoms with van der Waals surface area (Å²) in [5.74, 6) is -0.220. The van der Waals surface area contributed by atoms with E-state index in [1.807, 2.05) is 24.6 Å². The molecule has 2 rings (SSSR count). The lowest BCUT2D eigenvalue weighted by Crippen LogP contribution is -2.20. The molecule has 0 unspecified atom stereocenters. The minimum Gasteiger partial charge on any atom is -0.315 e. The first-order valence-electron chi connectivity index (χ1n) is 5.35. The minimum absolute atomic E-state index is 0.0350. The maximum Gasteiger partial charge on any atom is 0.245 e. The number of carbonyl (C=O) groups excluding carboxylic acids is 2. The summed E-state index contributed by atoms with van der Waals surface area (Å²) < 4.78 is 1.73. The van der Waals surface area contributed by atoms with Crippen molar-refractivity contribution in [2.45, 2.75) is 20.4 Å². The highest BCUT2D eigenvalue weighted by Gasteiger charge is 2.09. The predicted molar refractivity (Wildman–Crippen MR) is 71.9 cm³/mol. The van der Waals surface area contributed by atoms with Crippen LogP contribution in [0.3, 0.4) is 0 Å². The molecule has 0 N–H and O–H groups in total. The lowest BCUT2D eigenvalue weighted by Gasteiger charge is -1.99. The molecule has 4 nitrogen and oxygen atoms in total. The van der Waals surface area contributed by atoms with Crippen molar-refractivity contribution in [2.24, 2.45) is 4.99 Å². The van der Waals surface area contributed by atoms with Gasteiger partial charge in [-0.2, -0.15) is 4.99 Å². The molecule has 0 aliphatic heterocycles. The number of hydrogen-bond donors (Lipinski definition) is 0. The first-order chi connectivity index (χ1) is 8.56. The van der Waals surface area contributed by atoms with Gasteiger partial charge in [0, 0.05) is 18.0 Å². The molecule has 1 amide bonds. The summed E-state index contributed by atoms with van der Waals surface area (Å²) >= 11 is 2.83. The molecule has 0 atom stereocenters. The van der Waals surface area contributed by atoms with Crippen molar-refractivity contribution in [1.82, 2.24) is 4.57 Å². The van der Waals surface area contributed by atoms with Crippen LogP contribution in [0.2, 0.25) is 0 Å². The van der Waals surface area contributed by atoms with Crippen molar-refractivity contribution in [1.29, 1.82) is 0 Å². The summed E-state index contributed by atoms with van der Waals surface area (Å²) in [7, 11) is 0. The van der Waals surface area contributed by atoms with Gasteiger partial charge in [0.15, 0.2) is 10.6 Å². The van der Waals surface area contributed by atoms with Gasteiger partial charge in [0.1, 0.15) is 0 Å². The average molecular weight is 280 g/mol. The number of thiophene rings is 1. The number of rotatable bonds is 3. The van der Waals surface area contributed by atoms with Crippen LogP contribution in [0.4, 0.5) is 0 Å². The summed E-state index contributed by atoms with van der Waals surface area (Å²) in [5, 5.41) is 1.87. The Kier molecular flexibility index (Phi) is 3.88. The topological polar surface area (TPSA) is 51.4 Å². The molecule has 0 fully saturated rings. The van der Waals surface area contributed by atoms with Gasteiger partial charge in [0.2, 0.25) is 5.91 Å². The van der Waals surface area contributed by atoms with Crippen LogP contribution >= 0.6 is 22.7 Å². The summed E-state index contributed by atoms with van der Waals surface area (Å²) in [6.07, 6.45) is 1.85. The normalized spacial score (nSPS) is 11.8. The Morgan fingerprint density at radius 2 is 2.22 bits per heavy atom. The molecule has 2 aromatic heterocycles. The van der Waals surface area contributed by atoms with E-state index in [1.54, 1.807) is 10.6 Å². The number of nitrogens with zero attached hydrogens (tertiary/aromatic N) is 2. The second kappa shape index (κ2) is 5.41. The van der Waals surface area contributed by atoms with E-state index < -0.39 is 0 Å². The zero-order valence-corrected chi connectivity index (χ0v) is 11.7. The van der Waals surface area contributed by atoms with Crippen LogP contribution < -0.4 is 4.80 Å². The number of carbonyl (C=O) groups is 2. The number of Topliss-reactive ketones (excluding diaryl/α,β-unsaturated/α-hetero) is 1. The fraction of sp³-hybridized carbons (Fsp3) is 0.250. The third kappa shape index (κ3) is 3.02. The number of aryl methyl sites for hydroxylation is 1. The Morgan fingerprint density at radius 1 is 1.44 bits per heavy atom. The van der Waals surface area contributed by atoms with Crippen molar-refractivity contribution in [3.63, 3.8) is 0 Å². The quantitative estimate of drug-likeness (QED) is 0.810. The number of aromatic nitrogens is 1. The highest BCUT2D eigenvalue weighted by atomic mass is 32.1. The van der Waals surface area contributed by atoms with Crippen molar-refractivity contribution < 1.29 is 9.59 Å². The Labute approximate surface area is 112 Å². The van der Waals surface area contributed by atoms with Crippen LogP contribution in [-0.2, 0) is 11.3 Å². The highest BCUT2D eigenvalue weighted by Crippen LogP contribution is 2.11. The van der Waals surface area contributed by atoms with Crippen LogP contribution in [-0.4, -0.2) is 16.3 Å². The van der Waals surface area contributed by atoms with Crippen molar-refractivity contribution in [3.05, 3.63) is 38.3 Å². The number of hydrogen-bond acceptors (Lipinski definition) is 4. The van der Waals surface area contributed by atoms with E-state index >= 15 is 0 Å². The molecule has 18 heavy (non-hydrogen) atoms. The number of ketones is 1. The standard InChI is InChI=1S/C12H12N2O2S2/c1-8-6-14(12(18-8)13-9(2)15)7-10(16)11-4-3-5-17-11/h3-6H,7H2,1-2H3/b13-12+. The third-order valence-corrected chi connectivity index (χ3v) is 4.05. The van der Waals surface area contributed by atoms with E-state index in [9.17, 15) is 9.59 Å². The van der Waals surface area contributed by atoms with Crippen molar-refractivity contribution in [2.75, 3.05) is 0 Å². The van der Waals surface area contributed by atoms with Gasteiger partial charge in [0.05, 0.1) is 11.4 Å². The summed E-state index contributed by atoms with van der Waals surface area (Å²) in [6.45, 7) is 3.55. The lowest BCUT2D eigenvalue weighted by atomic mass is 10.3. The molecule has 2 heterocycles. The van der Waals surface area contributed by atoms with Crippen molar-refractivity contribution >= 4 is 34.4 Å². The second-order valence-electron chi connectivity index (χ2n) is 3.78. The SMILES string of the molecule is CC(=O)/N=c1/sc(C)cn1CC(=O)c1cccs1. The molecule has 0 saturated carbocycles. The van der Waals surface area contributed by atoms with Gasteiger partial charge < -0.3 is 4.57 Å². The predicted octanol–water partition coefficient (Wildman–Crippen LogP) is 2.25. The van der Waals surface area contributed by atoms with E-state index in [1.165, 1.54) is 29.6 Å². The molecule has 0 radical (unpaired) electrons. The molecule has 0 saturated heterocycles. The highest BCUT2D eigenvalue weighted by molar-refractivity contribution is 7.12. The van der Waals surface area contributed by atoms with Gasteiger partial charge in [-0.15, -0.1) is 22.7 Å². The molecule has 94 valence electrons. The number of thiazole rings is 1. The van der Waals surface area contributed by atoms with Gasteiger partial charge in [0.25, 0.3) is 0 Å². The monoisotopic (exact) mass is 280 g/mol. The Bertz CT molecular complexity index is 635. The smallest absolute Gasteiger partial charge is 0.245 e. The Morgan fingerprint density at radius 3 is 2.83 bits per heavy atom. The molecule has 0 aliphatic rings. The van der Waals surface area contributed by atoms with Crippen LogP contribution in [0.5, 0.6) is 0 Å². The molecule has 0 bridgehead atoms. The van der Waals surface area contributed by atoms with Crippen molar-refractivity contribution in [3.8, 4) is 0 Å². The van der Waals surface area contributed by atoms with Gasteiger partial charge in [-0.3, -0.25) is 9.59 Å². The summed E-state index contributed by atoms with van der Waals surface area (Å²) in [4.78, 5) is 29.2. The van der Waals surface area contributed by atoms with Crippen LogP contribution in [0, 0.1) is 6.92 Å². The van der Waals surface area contributed by atoms with E-state index in [2.05, 4.69) is 4.99 Å². The van der Waals surface area contributed by atoms with Gasteiger partial charge in [-0.1, -0.05) is 6.07 Å². The zero-order chi connectivity index (χ0) is 13.1. The fourth-order valence-electron chi connectivity index (χ4n) is 1.51.